The van der Waals surface area contributed by atoms with Gasteiger partial charge in [-0.2, -0.15) is 0 Å². The molecular weight excluding hydrogens is 417 g/mol. The standard InChI is InChI=1S/C16H10BrCl2N3O2/c17-12-4-2-1-3-11(12)16-22-21-15(24-16)9-23-20-8-10-5-6-13(18)14(19)7-10/h1-8H,9H2/b20-8+. The third-order valence-electron chi connectivity index (χ3n) is 2.98. The highest BCUT2D eigenvalue weighted by Gasteiger charge is 2.11. The van der Waals surface area contributed by atoms with Crippen LogP contribution in [0.4, 0.5) is 0 Å². The zero-order valence-electron chi connectivity index (χ0n) is 12.1. The summed E-state index contributed by atoms with van der Waals surface area (Å²) in [6, 6.07) is 12.7. The molecule has 0 saturated carbocycles. The van der Waals surface area contributed by atoms with Gasteiger partial charge in [0.25, 0.3) is 5.89 Å². The Morgan fingerprint density at radius 3 is 2.75 bits per heavy atom. The van der Waals surface area contributed by atoms with E-state index in [2.05, 4.69) is 31.3 Å². The van der Waals surface area contributed by atoms with Crippen LogP contribution in [-0.2, 0) is 11.4 Å². The summed E-state index contributed by atoms with van der Waals surface area (Å²) in [5, 5.41) is 12.7. The van der Waals surface area contributed by atoms with Crippen molar-refractivity contribution in [2.24, 2.45) is 5.16 Å². The van der Waals surface area contributed by atoms with Crippen LogP contribution < -0.4 is 0 Å². The monoisotopic (exact) mass is 425 g/mol. The van der Waals surface area contributed by atoms with Gasteiger partial charge in [-0.15, -0.1) is 10.2 Å². The highest BCUT2D eigenvalue weighted by atomic mass is 79.9. The maximum absolute atomic E-state index is 5.92. The molecule has 0 spiro atoms. The van der Waals surface area contributed by atoms with Gasteiger partial charge in [0.15, 0.2) is 6.61 Å². The van der Waals surface area contributed by atoms with Crippen LogP contribution in [0.1, 0.15) is 11.5 Å². The lowest BCUT2D eigenvalue weighted by Gasteiger charge is -1.98. The quantitative estimate of drug-likeness (QED) is 0.407. The van der Waals surface area contributed by atoms with Crippen molar-refractivity contribution in [1.29, 1.82) is 0 Å². The number of nitrogens with zero attached hydrogens (tertiary/aromatic N) is 3. The van der Waals surface area contributed by atoms with Crippen LogP contribution in [0, 0.1) is 0 Å². The SMILES string of the molecule is Clc1ccc(/C=N/OCc2nnc(-c3ccccc3Br)o2)cc1Cl. The molecule has 122 valence electrons. The van der Waals surface area contributed by atoms with Gasteiger partial charge in [-0.25, -0.2) is 0 Å². The molecule has 5 nitrogen and oxygen atoms in total. The third kappa shape index (κ3) is 4.14. The van der Waals surface area contributed by atoms with Gasteiger partial charge in [0.05, 0.1) is 21.8 Å². The lowest BCUT2D eigenvalue weighted by Crippen LogP contribution is -1.88. The van der Waals surface area contributed by atoms with Crippen molar-refractivity contribution in [2.45, 2.75) is 6.61 Å². The minimum Gasteiger partial charge on any atom is -0.417 e. The first kappa shape index (κ1) is 17.0. The molecule has 8 heteroatoms. The van der Waals surface area contributed by atoms with Gasteiger partial charge in [0.2, 0.25) is 5.89 Å². The summed E-state index contributed by atoms with van der Waals surface area (Å²) >= 11 is 15.2. The molecule has 24 heavy (non-hydrogen) atoms. The van der Waals surface area contributed by atoms with E-state index in [-0.39, 0.29) is 6.61 Å². The zero-order valence-corrected chi connectivity index (χ0v) is 15.2. The number of benzene rings is 2. The van der Waals surface area contributed by atoms with Crippen LogP contribution >= 0.6 is 39.1 Å². The van der Waals surface area contributed by atoms with Crippen molar-refractivity contribution in [2.75, 3.05) is 0 Å². The molecule has 0 N–H and O–H groups in total. The zero-order chi connectivity index (χ0) is 16.9. The van der Waals surface area contributed by atoms with Crippen LogP contribution in [0.5, 0.6) is 0 Å². The van der Waals surface area contributed by atoms with Gasteiger partial charge < -0.3 is 9.25 Å². The van der Waals surface area contributed by atoms with Crippen molar-refractivity contribution in [3.05, 3.63) is 68.4 Å². The number of hydrogen-bond acceptors (Lipinski definition) is 5. The number of hydrogen-bond donors (Lipinski definition) is 0. The Balaban J connectivity index is 1.60. The summed E-state index contributed by atoms with van der Waals surface area (Å²) in [5.74, 6) is 0.738. The van der Waals surface area contributed by atoms with Gasteiger partial charge in [0.1, 0.15) is 0 Å². The van der Waals surface area contributed by atoms with Crippen LogP contribution in [0.3, 0.4) is 0 Å². The third-order valence-corrected chi connectivity index (χ3v) is 4.41. The predicted molar refractivity (Wildman–Crippen MR) is 96.3 cm³/mol. The first-order valence-corrected chi connectivity index (χ1v) is 8.36. The predicted octanol–water partition coefficient (Wildman–Crippen LogP) is 5.36. The molecule has 3 aromatic rings. The molecule has 0 fully saturated rings. The lowest BCUT2D eigenvalue weighted by molar-refractivity contribution is 0.112. The Labute approximate surface area is 156 Å². The summed E-state index contributed by atoms with van der Waals surface area (Å²) in [5.41, 5.74) is 1.58. The van der Waals surface area contributed by atoms with Gasteiger partial charge in [-0.05, 0) is 45.8 Å². The molecule has 0 saturated heterocycles. The van der Waals surface area contributed by atoms with E-state index in [9.17, 15) is 0 Å². The van der Waals surface area contributed by atoms with Crippen LogP contribution in [0.15, 0.2) is 56.5 Å². The molecule has 0 aliphatic carbocycles. The summed E-state index contributed by atoms with van der Waals surface area (Å²) in [6.45, 7) is 0.0648. The van der Waals surface area contributed by atoms with Crippen LogP contribution in [0.25, 0.3) is 11.5 Å². The highest BCUT2D eigenvalue weighted by molar-refractivity contribution is 9.10. The van der Waals surface area contributed by atoms with Crippen molar-refractivity contribution in [3.8, 4) is 11.5 Å². The fourth-order valence-corrected chi connectivity index (χ4v) is 2.60. The van der Waals surface area contributed by atoms with E-state index in [0.717, 1.165) is 15.6 Å². The first-order valence-electron chi connectivity index (χ1n) is 6.81. The van der Waals surface area contributed by atoms with E-state index < -0.39 is 0 Å². The Morgan fingerprint density at radius 2 is 1.96 bits per heavy atom. The topological polar surface area (TPSA) is 60.5 Å². The maximum atomic E-state index is 5.92. The molecular formula is C16H10BrCl2N3O2. The molecule has 0 aliphatic heterocycles. The summed E-state index contributed by atoms with van der Waals surface area (Å²) < 4.78 is 6.42. The van der Waals surface area contributed by atoms with Crippen molar-refractivity contribution < 1.29 is 9.25 Å². The summed E-state index contributed by atoms with van der Waals surface area (Å²) in [4.78, 5) is 5.16. The molecule has 0 atom stereocenters. The first-order chi connectivity index (χ1) is 11.6. The molecule has 3 rings (SSSR count). The average Bonchev–Trinajstić information content (AvgIpc) is 3.04. The number of oxime groups is 1. The highest BCUT2D eigenvalue weighted by Crippen LogP contribution is 2.26. The molecule has 0 bridgehead atoms. The molecule has 1 aromatic heterocycles. The number of aromatic nitrogens is 2. The minimum absolute atomic E-state index is 0.0648. The van der Waals surface area contributed by atoms with Gasteiger partial charge in [-0.1, -0.05) is 46.6 Å². The van der Waals surface area contributed by atoms with Gasteiger partial charge in [0, 0.05) is 4.47 Å². The van der Waals surface area contributed by atoms with Crippen molar-refractivity contribution in [3.63, 3.8) is 0 Å². The van der Waals surface area contributed by atoms with E-state index >= 15 is 0 Å². The van der Waals surface area contributed by atoms with E-state index in [4.69, 9.17) is 32.5 Å². The summed E-state index contributed by atoms with van der Waals surface area (Å²) in [7, 11) is 0. The Morgan fingerprint density at radius 1 is 1.12 bits per heavy atom. The smallest absolute Gasteiger partial charge is 0.257 e. The van der Waals surface area contributed by atoms with Gasteiger partial charge >= 0.3 is 0 Å². The second-order valence-corrected chi connectivity index (χ2v) is 6.33. The second kappa shape index (κ2) is 7.79. The Bertz CT molecular complexity index is 883. The van der Waals surface area contributed by atoms with E-state index in [1.54, 1.807) is 18.2 Å². The van der Waals surface area contributed by atoms with Crippen molar-refractivity contribution >= 4 is 45.3 Å². The number of rotatable bonds is 5. The van der Waals surface area contributed by atoms with E-state index in [1.807, 2.05) is 24.3 Å². The normalized spacial score (nSPS) is 11.1. The van der Waals surface area contributed by atoms with E-state index in [1.165, 1.54) is 6.21 Å². The van der Waals surface area contributed by atoms with Gasteiger partial charge in [-0.3, -0.25) is 0 Å². The maximum Gasteiger partial charge on any atom is 0.257 e. The van der Waals surface area contributed by atoms with Crippen LogP contribution in [-0.4, -0.2) is 16.4 Å². The number of halogens is 3. The van der Waals surface area contributed by atoms with Crippen molar-refractivity contribution in [1.82, 2.24) is 10.2 Å². The molecule has 2 aromatic carbocycles. The summed E-state index contributed by atoms with van der Waals surface area (Å²) in [6.07, 6.45) is 1.52. The fourth-order valence-electron chi connectivity index (χ4n) is 1.84. The second-order valence-electron chi connectivity index (χ2n) is 4.66. The largest absolute Gasteiger partial charge is 0.417 e. The van der Waals surface area contributed by atoms with Crippen LogP contribution in [0.2, 0.25) is 10.0 Å². The Hall–Kier alpha value is -1.89. The molecule has 0 unspecified atom stereocenters. The molecule has 1 heterocycles. The lowest BCUT2D eigenvalue weighted by atomic mass is 10.2. The molecule has 0 aliphatic rings. The van der Waals surface area contributed by atoms with E-state index in [0.29, 0.717) is 21.8 Å². The molecule has 0 radical (unpaired) electrons. The molecule has 0 amide bonds. The fraction of sp³-hybridized carbons (Fsp3) is 0.0625. The Kier molecular flexibility index (Phi) is 5.50. The minimum atomic E-state index is 0.0648. The average molecular weight is 427 g/mol.